The Morgan fingerprint density at radius 3 is 3.14 bits per heavy atom. The summed E-state index contributed by atoms with van der Waals surface area (Å²) < 4.78 is 5.68. The molecule has 1 aromatic heterocycles. The van der Waals surface area contributed by atoms with Crippen LogP contribution < -0.4 is 10.2 Å². The lowest BCUT2D eigenvalue weighted by Crippen LogP contribution is -2.33. The summed E-state index contributed by atoms with van der Waals surface area (Å²) in [7, 11) is 0. The van der Waals surface area contributed by atoms with Crippen molar-refractivity contribution in [3.8, 4) is 0 Å². The molecular formula is C15H18ClN3O2. The summed E-state index contributed by atoms with van der Waals surface area (Å²) in [6, 6.07) is 10.2. The summed E-state index contributed by atoms with van der Waals surface area (Å²) in [6.07, 6.45) is 1.84. The Labute approximate surface area is 129 Å². The van der Waals surface area contributed by atoms with Gasteiger partial charge in [-0.15, -0.1) is 12.4 Å². The van der Waals surface area contributed by atoms with Crippen molar-refractivity contribution in [3.05, 3.63) is 36.5 Å². The van der Waals surface area contributed by atoms with Crippen LogP contribution >= 0.6 is 12.4 Å². The number of fused-ring (bicyclic) bond motifs is 1. The second kappa shape index (κ2) is 6.74. The number of hydrogen-bond donors (Lipinski definition) is 1. The lowest BCUT2D eigenvalue weighted by atomic mass is 10.2. The van der Waals surface area contributed by atoms with E-state index in [9.17, 15) is 4.79 Å². The summed E-state index contributed by atoms with van der Waals surface area (Å²) in [5.74, 6) is -0.0242. The van der Waals surface area contributed by atoms with Gasteiger partial charge in [-0.1, -0.05) is 6.07 Å². The Morgan fingerprint density at radius 1 is 1.48 bits per heavy atom. The molecule has 0 radical (unpaired) electrons. The number of carbonyl (C=O) groups excluding carboxylic acids is 1. The van der Waals surface area contributed by atoms with E-state index in [1.54, 1.807) is 6.20 Å². The van der Waals surface area contributed by atoms with E-state index in [1.807, 2.05) is 12.1 Å². The second-order valence-corrected chi connectivity index (χ2v) is 4.96. The van der Waals surface area contributed by atoms with Crippen LogP contribution in [0.15, 0.2) is 36.5 Å². The number of hydrogen-bond acceptors (Lipinski definition) is 4. The van der Waals surface area contributed by atoms with Crippen LogP contribution in [0, 0.1) is 0 Å². The first kappa shape index (κ1) is 15.5. The number of pyridine rings is 1. The summed E-state index contributed by atoms with van der Waals surface area (Å²) in [4.78, 5) is 17.4. The first-order chi connectivity index (χ1) is 9.72. The molecule has 3 rings (SSSR count). The van der Waals surface area contributed by atoms with Crippen molar-refractivity contribution >= 4 is 34.9 Å². The summed E-state index contributed by atoms with van der Waals surface area (Å²) in [6.45, 7) is 3.41. The van der Waals surface area contributed by atoms with Gasteiger partial charge in [0, 0.05) is 37.3 Å². The molecule has 5 nitrogen and oxygen atoms in total. The fourth-order valence-electron chi connectivity index (χ4n) is 2.37. The first-order valence-electron chi connectivity index (χ1n) is 6.68. The summed E-state index contributed by atoms with van der Waals surface area (Å²) in [5.41, 5.74) is 2.11. The predicted octanol–water partition coefficient (Wildman–Crippen LogP) is 1.96. The number of carbonyl (C=O) groups is 1. The normalized spacial score (nSPS) is 17.6. The number of nitrogens with one attached hydrogen (secondary N) is 1. The number of aromatic nitrogens is 1. The predicted molar refractivity (Wildman–Crippen MR) is 84.8 cm³/mol. The Hall–Kier alpha value is -1.85. The number of halogens is 1. The van der Waals surface area contributed by atoms with E-state index in [2.05, 4.69) is 33.4 Å². The molecule has 1 aromatic carbocycles. The third-order valence-corrected chi connectivity index (χ3v) is 3.42. The van der Waals surface area contributed by atoms with E-state index in [-0.39, 0.29) is 24.4 Å². The molecule has 21 heavy (non-hydrogen) atoms. The highest BCUT2D eigenvalue weighted by molar-refractivity contribution is 5.85. The highest BCUT2D eigenvalue weighted by Crippen LogP contribution is 2.23. The topological polar surface area (TPSA) is 54.5 Å². The number of anilines is 1. The molecular weight excluding hydrogens is 290 g/mol. The van der Waals surface area contributed by atoms with Gasteiger partial charge >= 0.3 is 0 Å². The molecule has 6 heteroatoms. The van der Waals surface area contributed by atoms with Gasteiger partial charge in [0.25, 0.3) is 0 Å². The molecule has 0 spiro atoms. The van der Waals surface area contributed by atoms with Crippen LogP contribution in [-0.2, 0) is 9.53 Å². The van der Waals surface area contributed by atoms with Gasteiger partial charge in [-0.3, -0.25) is 9.78 Å². The molecule has 1 aliphatic rings. The Morgan fingerprint density at radius 2 is 2.33 bits per heavy atom. The minimum atomic E-state index is -0.0242. The van der Waals surface area contributed by atoms with Crippen LogP contribution in [0.4, 0.5) is 5.69 Å². The lowest BCUT2D eigenvalue weighted by molar-refractivity contribution is -0.119. The van der Waals surface area contributed by atoms with Crippen molar-refractivity contribution in [3.63, 3.8) is 0 Å². The average molecular weight is 308 g/mol. The highest BCUT2D eigenvalue weighted by Gasteiger charge is 2.23. The molecule has 0 saturated carbocycles. The van der Waals surface area contributed by atoms with Crippen LogP contribution in [0.3, 0.4) is 0 Å². The smallest absolute Gasteiger partial charge is 0.216 e. The Kier molecular flexibility index (Phi) is 4.98. The third-order valence-electron chi connectivity index (χ3n) is 3.42. The van der Waals surface area contributed by atoms with Crippen molar-refractivity contribution < 1.29 is 9.53 Å². The molecule has 0 unspecified atom stereocenters. The van der Waals surface area contributed by atoms with Gasteiger partial charge in [-0.2, -0.15) is 0 Å². The zero-order valence-electron chi connectivity index (χ0n) is 11.8. The zero-order valence-corrected chi connectivity index (χ0v) is 12.6. The molecule has 1 fully saturated rings. The molecule has 112 valence electrons. The average Bonchev–Trinajstić information content (AvgIpc) is 2.93. The van der Waals surface area contributed by atoms with E-state index < -0.39 is 0 Å². The van der Waals surface area contributed by atoms with Crippen molar-refractivity contribution in [1.29, 1.82) is 0 Å². The minimum absolute atomic E-state index is 0. The molecule has 2 aromatic rings. The van der Waals surface area contributed by atoms with Crippen molar-refractivity contribution in [1.82, 2.24) is 10.3 Å². The Balaban J connectivity index is 0.00000161. The number of ether oxygens (including phenoxy) is 1. The molecule has 1 aliphatic heterocycles. The van der Waals surface area contributed by atoms with Crippen LogP contribution in [0.5, 0.6) is 0 Å². The molecule has 0 aliphatic carbocycles. The van der Waals surface area contributed by atoms with E-state index in [4.69, 9.17) is 4.74 Å². The largest absolute Gasteiger partial charge is 0.354 e. The molecule has 0 bridgehead atoms. The quantitative estimate of drug-likeness (QED) is 0.942. The standard InChI is InChI=1S/C15H17N3O2.ClH/c1-11(19)17-8-14-9-18(10-20-14)13-4-5-15-12(7-13)3-2-6-16-15;/h2-7,14H,8-10H2,1H3,(H,17,19);1H/t14-;/m0./s1. The van der Waals surface area contributed by atoms with Gasteiger partial charge in [0.05, 0.1) is 11.6 Å². The van der Waals surface area contributed by atoms with Crippen LogP contribution in [0.1, 0.15) is 6.92 Å². The van der Waals surface area contributed by atoms with Gasteiger partial charge in [-0.05, 0) is 24.3 Å². The maximum absolute atomic E-state index is 10.9. The van der Waals surface area contributed by atoms with Gasteiger partial charge in [-0.25, -0.2) is 0 Å². The monoisotopic (exact) mass is 307 g/mol. The molecule has 2 heterocycles. The van der Waals surface area contributed by atoms with Crippen molar-refractivity contribution in [2.24, 2.45) is 0 Å². The number of rotatable bonds is 3. The lowest BCUT2D eigenvalue weighted by Gasteiger charge is -2.16. The van der Waals surface area contributed by atoms with E-state index >= 15 is 0 Å². The SMILES string of the molecule is CC(=O)NC[C@H]1CN(c2ccc3ncccc3c2)CO1.Cl. The van der Waals surface area contributed by atoms with Crippen LogP contribution in [0.25, 0.3) is 10.9 Å². The summed E-state index contributed by atoms with van der Waals surface area (Å²) >= 11 is 0. The highest BCUT2D eigenvalue weighted by atomic mass is 35.5. The van der Waals surface area contributed by atoms with Crippen molar-refractivity contribution in [2.75, 3.05) is 24.7 Å². The zero-order chi connectivity index (χ0) is 13.9. The molecule has 1 saturated heterocycles. The number of amides is 1. The minimum Gasteiger partial charge on any atom is -0.354 e. The van der Waals surface area contributed by atoms with Crippen LogP contribution in [-0.4, -0.2) is 36.8 Å². The third kappa shape index (κ3) is 3.62. The molecule has 1 N–H and O–H groups in total. The number of nitrogens with zero attached hydrogens (tertiary/aromatic N) is 2. The first-order valence-corrected chi connectivity index (χ1v) is 6.68. The fraction of sp³-hybridized carbons (Fsp3) is 0.333. The van der Waals surface area contributed by atoms with E-state index in [0.29, 0.717) is 13.3 Å². The van der Waals surface area contributed by atoms with Gasteiger partial charge in [0.1, 0.15) is 6.73 Å². The van der Waals surface area contributed by atoms with Crippen molar-refractivity contribution in [2.45, 2.75) is 13.0 Å². The number of benzene rings is 1. The Bertz CT molecular complexity index is 635. The second-order valence-electron chi connectivity index (χ2n) is 4.96. The van der Waals surface area contributed by atoms with Gasteiger partial charge in [0.15, 0.2) is 0 Å². The van der Waals surface area contributed by atoms with Gasteiger partial charge < -0.3 is 15.0 Å². The molecule has 1 amide bonds. The van der Waals surface area contributed by atoms with Gasteiger partial charge in [0.2, 0.25) is 5.91 Å². The van der Waals surface area contributed by atoms with E-state index in [1.165, 1.54) is 6.92 Å². The van der Waals surface area contributed by atoms with Crippen LogP contribution in [0.2, 0.25) is 0 Å². The fourth-order valence-corrected chi connectivity index (χ4v) is 2.37. The van der Waals surface area contributed by atoms with E-state index in [0.717, 1.165) is 23.1 Å². The maximum Gasteiger partial charge on any atom is 0.216 e. The summed E-state index contributed by atoms with van der Waals surface area (Å²) in [5, 5.41) is 3.91. The molecule has 1 atom stereocenters. The maximum atomic E-state index is 10.9.